The Morgan fingerprint density at radius 2 is 2.00 bits per heavy atom. The number of aromatic hydroxyl groups is 1. The Morgan fingerprint density at radius 1 is 1.17 bits per heavy atom. The van der Waals surface area contributed by atoms with Crippen molar-refractivity contribution in [1.29, 1.82) is 0 Å². The number of carbonyl (C=O) groups is 1. The van der Waals surface area contributed by atoms with Gasteiger partial charge in [0.2, 0.25) is 11.8 Å². The topological polar surface area (TPSA) is 152 Å². The monoisotopic (exact) mass is 529 g/mol. The maximum absolute atomic E-state index is 13.1. The Hall–Kier alpha value is -4.30. The maximum atomic E-state index is 13.1. The van der Waals surface area contributed by atoms with Gasteiger partial charge in [0, 0.05) is 17.0 Å². The summed E-state index contributed by atoms with van der Waals surface area (Å²) in [5.41, 5.74) is 0.250. The largest absolute Gasteiger partial charge is 0.494 e. The van der Waals surface area contributed by atoms with Gasteiger partial charge in [-0.25, -0.2) is 32.5 Å². The van der Waals surface area contributed by atoms with Crippen molar-refractivity contribution in [1.82, 2.24) is 14.3 Å². The second-order valence-corrected chi connectivity index (χ2v) is 10.4. The second kappa shape index (κ2) is 9.05. The van der Waals surface area contributed by atoms with E-state index in [1.165, 1.54) is 24.4 Å². The van der Waals surface area contributed by atoms with E-state index < -0.39 is 26.7 Å². The number of amides is 2. The van der Waals surface area contributed by atoms with Crippen molar-refractivity contribution < 1.29 is 27.4 Å². The number of nitrogens with zero attached hydrogens (tertiary/aromatic N) is 3. The molecule has 3 N–H and O–H groups in total. The van der Waals surface area contributed by atoms with Gasteiger partial charge in [0.15, 0.2) is 5.13 Å². The van der Waals surface area contributed by atoms with E-state index in [4.69, 9.17) is 4.74 Å². The van der Waals surface area contributed by atoms with Crippen molar-refractivity contribution in [2.24, 2.45) is 4.99 Å². The lowest BCUT2D eigenvalue weighted by Gasteiger charge is -2.12. The minimum Gasteiger partial charge on any atom is -0.494 e. The lowest BCUT2D eigenvalue weighted by Crippen LogP contribution is -2.34. The summed E-state index contributed by atoms with van der Waals surface area (Å²) in [5.74, 6) is 0.211. The van der Waals surface area contributed by atoms with E-state index >= 15 is 0 Å². The number of carbonyl (C=O) groups excluding carboxylic acids is 1. The Labute approximate surface area is 206 Å². The third-order valence-corrected chi connectivity index (χ3v) is 7.81. The van der Waals surface area contributed by atoms with Crippen LogP contribution in [0.15, 0.2) is 68.7 Å². The minimum absolute atomic E-state index is 0.0691. The van der Waals surface area contributed by atoms with E-state index in [0.29, 0.717) is 46.7 Å². The first kappa shape index (κ1) is 23.4. The Balaban J connectivity index is 1.36. The van der Waals surface area contributed by atoms with Gasteiger partial charge in [0.25, 0.3) is 15.6 Å². The molecule has 0 aliphatic carbocycles. The molecule has 36 heavy (non-hydrogen) atoms. The lowest BCUT2D eigenvalue weighted by molar-refractivity contribution is 0.256. The van der Waals surface area contributed by atoms with Crippen LogP contribution in [-0.4, -0.2) is 48.2 Å². The van der Waals surface area contributed by atoms with Gasteiger partial charge in [-0.05, 0) is 47.9 Å². The predicted molar refractivity (Wildman–Crippen MR) is 130 cm³/mol. The molecule has 0 saturated carbocycles. The Kier molecular flexibility index (Phi) is 5.89. The van der Waals surface area contributed by atoms with E-state index in [0.717, 1.165) is 16.7 Å². The SMILES string of the molecule is O=C(Nc1ccc(-n2c(O)c3ccc(C4=NCCO4)cc3cc2=O)nc1)NS(=O)(=O)c1ccc(F)s1. The number of pyridine rings is 2. The quantitative estimate of drug-likeness (QED) is 0.359. The standard InChI is InChI=1S/C22H16FN5O6S2/c23-16-4-6-19(35-16)36(32,33)27-22(31)26-14-2-5-17(25-11-14)28-18(29)10-13-9-12(20-24-7-8-34-20)1-3-15(13)21(28)30/h1-6,9-11,30H,7-8H2,(H2,26,27,31). The fraction of sp³-hybridized carbons (Fsp3) is 0.0909. The third-order valence-electron chi connectivity index (χ3n) is 5.11. The first-order valence-corrected chi connectivity index (χ1v) is 12.6. The highest BCUT2D eigenvalue weighted by atomic mass is 32.2. The summed E-state index contributed by atoms with van der Waals surface area (Å²) < 4.78 is 45.2. The number of rotatable bonds is 5. The molecule has 0 saturated heterocycles. The molecular formula is C22H16FN5O6S2. The summed E-state index contributed by atoms with van der Waals surface area (Å²) in [7, 11) is -4.25. The van der Waals surface area contributed by atoms with Crippen molar-refractivity contribution in [3.05, 3.63) is 75.8 Å². The number of hydrogen-bond acceptors (Lipinski definition) is 9. The summed E-state index contributed by atoms with van der Waals surface area (Å²) in [4.78, 5) is 33.2. The number of aromatic nitrogens is 2. The van der Waals surface area contributed by atoms with E-state index in [2.05, 4.69) is 15.3 Å². The van der Waals surface area contributed by atoms with Crippen LogP contribution in [0.4, 0.5) is 14.9 Å². The molecule has 11 nitrogen and oxygen atoms in total. The van der Waals surface area contributed by atoms with Gasteiger partial charge >= 0.3 is 6.03 Å². The number of sulfonamides is 1. The highest BCUT2D eigenvalue weighted by Crippen LogP contribution is 2.27. The predicted octanol–water partition coefficient (Wildman–Crippen LogP) is 2.58. The number of halogens is 1. The van der Waals surface area contributed by atoms with Crippen molar-refractivity contribution >= 4 is 49.7 Å². The third kappa shape index (κ3) is 4.50. The molecule has 1 aromatic carbocycles. The normalized spacial score (nSPS) is 13.3. The number of thiophene rings is 1. The van der Waals surface area contributed by atoms with E-state index in [1.54, 1.807) is 22.9 Å². The van der Waals surface area contributed by atoms with Crippen LogP contribution >= 0.6 is 11.3 Å². The van der Waals surface area contributed by atoms with E-state index in [1.807, 2.05) is 0 Å². The summed E-state index contributed by atoms with van der Waals surface area (Å²) in [6.45, 7) is 1.05. The smallest absolute Gasteiger partial charge is 0.333 e. The number of hydrogen-bond donors (Lipinski definition) is 3. The van der Waals surface area contributed by atoms with E-state index in [9.17, 15) is 27.5 Å². The molecule has 0 unspecified atom stereocenters. The van der Waals surface area contributed by atoms with Crippen LogP contribution in [0.25, 0.3) is 16.6 Å². The fourth-order valence-electron chi connectivity index (χ4n) is 3.54. The number of nitrogens with one attached hydrogen (secondary N) is 2. The molecule has 5 rings (SSSR count). The zero-order chi connectivity index (χ0) is 25.4. The first-order valence-electron chi connectivity index (χ1n) is 10.3. The second-order valence-electron chi connectivity index (χ2n) is 7.50. The van der Waals surface area contributed by atoms with Crippen LogP contribution in [0, 0.1) is 5.13 Å². The summed E-state index contributed by atoms with van der Waals surface area (Å²) in [5, 5.41) is 13.3. The number of urea groups is 1. The molecule has 0 spiro atoms. The van der Waals surface area contributed by atoms with Gasteiger partial charge < -0.3 is 15.2 Å². The molecule has 184 valence electrons. The van der Waals surface area contributed by atoms with Gasteiger partial charge in [-0.15, -0.1) is 0 Å². The molecule has 2 amide bonds. The van der Waals surface area contributed by atoms with E-state index in [-0.39, 0.29) is 21.6 Å². The van der Waals surface area contributed by atoms with Crippen LogP contribution in [0.2, 0.25) is 0 Å². The zero-order valence-corrected chi connectivity index (χ0v) is 19.8. The molecule has 0 bridgehead atoms. The van der Waals surface area contributed by atoms with Gasteiger partial charge in [0.05, 0.1) is 18.4 Å². The fourth-order valence-corrected chi connectivity index (χ4v) is 5.45. The summed E-state index contributed by atoms with van der Waals surface area (Å²) >= 11 is 0.375. The number of benzene rings is 1. The number of anilines is 1. The van der Waals surface area contributed by atoms with Gasteiger partial charge in [0.1, 0.15) is 16.6 Å². The average molecular weight is 530 g/mol. The highest BCUT2D eigenvalue weighted by Gasteiger charge is 2.20. The van der Waals surface area contributed by atoms with Gasteiger partial charge in [-0.3, -0.25) is 4.79 Å². The summed E-state index contributed by atoms with van der Waals surface area (Å²) in [6, 6.07) is 10.1. The van der Waals surface area contributed by atoms with Gasteiger partial charge in [-0.2, -0.15) is 4.39 Å². The molecule has 1 aliphatic rings. The van der Waals surface area contributed by atoms with Crippen LogP contribution in [0.1, 0.15) is 5.56 Å². The zero-order valence-electron chi connectivity index (χ0n) is 18.1. The number of fused-ring (bicyclic) bond motifs is 1. The summed E-state index contributed by atoms with van der Waals surface area (Å²) in [6.07, 6.45) is 1.18. The molecule has 4 heterocycles. The van der Waals surface area contributed by atoms with Crippen LogP contribution in [0.5, 0.6) is 5.88 Å². The molecule has 0 radical (unpaired) electrons. The Morgan fingerprint density at radius 3 is 2.67 bits per heavy atom. The molecule has 0 atom stereocenters. The van der Waals surface area contributed by atoms with Crippen LogP contribution in [-0.2, 0) is 14.8 Å². The Bertz CT molecular complexity index is 1700. The molecule has 14 heteroatoms. The molecule has 1 aliphatic heterocycles. The molecular weight excluding hydrogens is 513 g/mol. The van der Waals surface area contributed by atoms with Crippen molar-refractivity contribution in [2.45, 2.75) is 4.21 Å². The molecule has 4 aromatic rings. The van der Waals surface area contributed by atoms with Gasteiger partial charge in [-0.1, -0.05) is 11.3 Å². The minimum atomic E-state index is -4.25. The van der Waals surface area contributed by atoms with Crippen molar-refractivity contribution in [2.75, 3.05) is 18.5 Å². The molecule has 0 fully saturated rings. The molecule has 3 aromatic heterocycles. The maximum Gasteiger partial charge on any atom is 0.333 e. The van der Waals surface area contributed by atoms with Crippen LogP contribution < -0.4 is 15.6 Å². The average Bonchev–Trinajstić information content (AvgIpc) is 3.52. The van der Waals surface area contributed by atoms with Crippen LogP contribution in [0.3, 0.4) is 0 Å². The lowest BCUT2D eigenvalue weighted by atomic mass is 10.1. The number of ether oxygens (including phenoxy) is 1. The van der Waals surface area contributed by atoms with Crippen molar-refractivity contribution in [3.8, 4) is 11.7 Å². The highest BCUT2D eigenvalue weighted by molar-refractivity contribution is 7.92. The van der Waals surface area contributed by atoms with Crippen molar-refractivity contribution in [3.63, 3.8) is 0 Å². The number of aliphatic imine (C=N–C) groups is 1. The first-order chi connectivity index (χ1) is 17.2.